The van der Waals surface area contributed by atoms with E-state index in [0.717, 1.165) is 11.4 Å². The summed E-state index contributed by atoms with van der Waals surface area (Å²) in [7, 11) is 0. The molecule has 144 valence electrons. The van der Waals surface area contributed by atoms with Gasteiger partial charge in [-0.05, 0) is 54.8 Å². The highest BCUT2D eigenvalue weighted by Crippen LogP contribution is 2.21. The first kappa shape index (κ1) is 18.6. The van der Waals surface area contributed by atoms with Gasteiger partial charge < -0.3 is 16.0 Å². The molecule has 0 unspecified atom stereocenters. The van der Waals surface area contributed by atoms with Gasteiger partial charge in [0, 0.05) is 29.0 Å². The number of carbonyl (C=O) groups excluding carboxylic acids is 1. The molecular weight excluding hydrogens is 384 g/mol. The molecule has 3 aromatic heterocycles. The van der Waals surface area contributed by atoms with Crippen molar-refractivity contribution in [1.29, 1.82) is 0 Å². The molecule has 3 heterocycles. The SMILES string of the molecule is Cc1nc(Nc2ccc(NC(=O)c3ccsc3)cc2)cc(Nc2ccccn2)n1. The number of hydrogen-bond acceptors (Lipinski definition) is 7. The van der Waals surface area contributed by atoms with Gasteiger partial charge in [0.2, 0.25) is 0 Å². The second-order valence-corrected chi connectivity index (χ2v) is 6.97. The summed E-state index contributed by atoms with van der Waals surface area (Å²) in [5, 5.41) is 13.0. The van der Waals surface area contributed by atoms with E-state index in [1.165, 1.54) is 11.3 Å². The number of anilines is 5. The number of pyridine rings is 1. The number of carbonyl (C=O) groups is 1. The monoisotopic (exact) mass is 402 g/mol. The molecule has 29 heavy (non-hydrogen) atoms. The number of benzene rings is 1. The van der Waals surface area contributed by atoms with E-state index in [2.05, 4.69) is 30.9 Å². The molecule has 0 saturated heterocycles. The first-order valence-electron chi connectivity index (χ1n) is 8.90. The summed E-state index contributed by atoms with van der Waals surface area (Å²) in [6, 6.07) is 16.7. The molecule has 8 heteroatoms. The van der Waals surface area contributed by atoms with Gasteiger partial charge in [-0.1, -0.05) is 6.07 Å². The van der Waals surface area contributed by atoms with Crippen molar-refractivity contribution in [2.45, 2.75) is 6.92 Å². The molecule has 4 rings (SSSR count). The summed E-state index contributed by atoms with van der Waals surface area (Å²) in [5.41, 5.74) is 2.23. The summed E-state index contributed by atoms with van der Waals surface area (Å²) in [4.78, 5) is 25.2. The van der Waals surface area contributed by atoms with Crippen LogP contribution < -0.4 is 16.0 Å². The van der Waals surface area contributed by atoms with Crippen molar-refractivity contribution in [3.8, 4) is 0 Å². The summed E-state index contributed by atoms with van der Waals surface area (Å²) >= 11 is 1.49. The number of hydrogen-bond donors (Lipinski definition) is 3. The zero-order chi connectivity index (χ0) is 20.1. The van der Waals surface area contributed by atoms with E-state index in [1.54, 1.807) is 12.3 Å². The number of rotatable bonds is 6. The fraction of sp³-hybridized carbons (Fsp3) is 0.0476. The molecule has 7 nitrogen and oxygen atoms in total. The van der Waals surface area contributed by atoms with Gasteiger partial charge in [0.15, 0.2) is 0 Å². The molecule has 0 spiro atoms. The average Bonchev–Trinajstić information content (AvgIpc) is 3.25. The highest BCUT2D eigenvalue weighted by atomic mass is 32.1. The molecule has 1 aromatic carbocycles. The smallest absolute Gasteiger partial charge is 0.256 e. The second kappa shape index (κ2) is 8.49. The van der Waals surface area contributed by atoms with E-state index in [-0.39, 0.29) is 5.91 Å². The minimum atomic E-state index is -0.122. The predicted octanol–water partition coefficient (Wildman–Crippen LogP) is 4.98. The number of amides is 1. The van der Waals surface area contributed by atoms with Gasteiger partial charge in [-0.3, -0.25) is 4.79 Å². The maximum atomic E-state index is 12.1. The fourth-order valence-electron chi connectivity index (χ4n) is 2.65. The maximum Gasteiger partial charge on any atom is 0.256 e. The largest absolute Gasteiger partial charge is 0.340 e. The summed E-state index contributed by atoms with van der Waals surface area (Å²) in [6.45, 7) is 1.83. The van der Waals surface area contributed by atoms with Crippen LogP contribution in [-0.2, 0) is 0 Å². The Morgan fingerprint density at radius 1 is 0.897 bits per heavy atom. The minimum absolute atomic E-state index is 0.122. The first-order chi connectivity index (χ1) is 14.2. The standard InChI is InChI=1S/C21H18N6OS/c1-14-23-19(12-20(24-14)27-18-4-2-3-10-22-18)25-16-5-7-17(8-6-16)26-21(28)15-9-11-29-13-15/h2-13H,1H3,(H,26,28)(H2,22,23,24,25,27). The third-order valence-electron chi connectivity index (χ3n) is 3.96. The normalized spacial score (nSPS) is 10.4. The Balaban J connectivity index is 1.44. The van der Waals surface area contributed by atoms with Crippen LogP contribution in [0.2, 0.25) is 0 Å². The first-order valence-corrected chi connectivity index (χ1v) is 9.84. The molecule has 0 atom stereocenters. The molecule has 0 fully saturated rings. The fourth-order valence-corrected chi connectivity index (χ4v) is 3.28. The Bertz CT molecular complexity index is 1100. The molecular formula is C21H18N6OS. The molecule has 3 N–H and O–H groups in total. The van der Waals surface area contributed by atoms with Crippen LogP contribution in [0.1, 0.15) is 16.2 Å². The Morgan fingerprint density at radius 2 is 1.66 bits per heavy atom. The number of nitrogens with one attached hydrogen (secondary N) is 3. The van der Waals surface area contributed by atoms with Crippen molar-refractivity contribution in [3.05, 3.63) is 82.9 Å². The summed E-state index contributed by atoms with van der Waals surface area (Å²) < 4.78 is 0. The van der Waals surface area contributed by atoms with E-state index in [1.807, 2.05) is 66.2 Å². The lowest BCUT2D eigenvalue weighted by molar-refractivity contribution is 0.102. The highest BCUT2D eigenvalue weighted by Gasteiger charge is 2.07. The molecule has 1 amide bonds. The lowest BCUT2D eigenvalue weighted by Crippen LogP contribution is -2.10. The van der Waals surface area contributed by atoms with Crippen LogP contribution in [0.5, 0.6) is 0 Å². The number of nitrogens with zero attached hydrogens (tertiary/aromatic N) is 3. The molecule has 0 saturated carbocycles. The van der Waals surface area contributed by atoms with Gasteiger partial charge in [0.05, 0.1) is 5.56 Å². The van der Waals surface area contributed by atoms with Gasteiger partial charge in [0.1, 0.15) is 23.3 Å². The topological polar surface area (TPSA) is 91.8 Å². The van der Waals surface area contributed by atoms with Crippen molar-refractivity contribution < 1.29 is 4.79 Å². The van der Waals surface area contributed by atoms with Crippen LogP contribution in [0, 0.1) is 6.92 Å². The summed E-state index contributed by atoms with van der Waals surface area (Å²) in [5.74, 6) is 2.53. The highest BCUT2D eigenvalue weighted by molar-refractivity contribution is 7.08. The molecule has 4 aromatic rings. The number of aryl methyl sites for hydroxylation is 1. The lowest BCUT2D eigenvalue weighted by atomic mass is 10.2. The van der Waals surface area contributed by atoms with Crippen LogP contribution >= 0.6 is 11.3 Å². The van der Waals surface area contributed by atoms with Crippen molar-refractivity contribution in [2.75, 3.05) is 16.0 Å². The third kappa shape index (κ3) is 4.94. The van der Waals surface area contributed by atoms with Crippen molar-refractivity contribution >= 4 is 46.1 Å². The van der Waals surface area contributed by atoms with E-state index in [4.69, 9.17) is 0 Å². The van der Waals surface area contributed by atoms with Crippen LogP contribution in [0.3, 0.4) is 0 Å². The molecule has 0 aliphatic heterocycles. The van der Waals surface area contributed by atoms with Crippen LogP contribution in [0.25, 0.3) is 0 Å². The third-order valence-corrected chi connectivity index (χ3v) is 4.64. The quantitative estimate of drug-likeness (QED) is 0.421. The zero-order valence-electron chi connectivity index (χ0n) is 15.6. The lowest BCUT2D eigenvalue weighted by Gasteiger charge is -2.10. The van der Waals surface area contributed by atoms with Gasteiger partial charge >= 0.3 is 0 Å². The Kier molecular flexibility index (Phi) is 5.44. The van der Waals surface area contributed by atoms with Gasteiger partial charge in [-0.15, -0.1) is 0 Å². The molecule has 0 aliphatic carbocycles. The van der Waals surface area contributed by atoms with Gasteiger partial charge in [0.25, 0.3) is 5.91 Å². The zero-order valence-corrected chi connectivity index (χ0v) is 16.4. The van der Waals surface area contributed by atoms with Crippen LogP contribution in [0.15, 0.2) is 71.6 Å². The molecule has 0 aliphatic rings. The van der Waals surface area contributed by atoms with E-state index >= 15 is 0 Å². The second-order valence-electron chi connectivity index (χ2n) is 6.19. The van der Waals surface area contributed by atoms with Crippen LogP contribution in [0.4, 0.5) is 28.8 Å². The van der Waals surface area contributed by atoms with Crippen molar-refractivity contribution in [2.24, 2.45) is 0 Å². The van der Waals surface area contributed by atoms with Gasteiger partial charge in [-0.25, -0.2) is 15.0 Å². The van der Waals surface area contributed by atoms with Gasteiger partial charge in [-0.2, -0.15) is 11.3 Å². The van der Waals surface area contributed by atoms with Crippen molar-refractivity contribution in [3.63, 3.8) is 0 Å². The maximum absolute atomic E-state index is 12.1. The van der Waals surface area contributed by atoms with Crippen molar-refractivity contribution in [1.82, 2.24) is 15.0 Å². The van der Waals surface area contributed by atoms with E-state index < -0.39 is 0 Å². The van der Waals surface area contributed by atoms with E-state index in [9.17, 15) is 4.79 Å². The average molecular weight is 402 g/mol. The number of aromatic nitrogens is 3. The molecule has 0 bridgehead atoms. The Morgan fingerprint density at radius 3 is 2.34 bits per heavy atom. The predicted molar refractivity (Wildman–Crippen MR) is 116 cm³/mol. The Labute approximate surface area is 171 Å². The summed E-state index contributed by atoms with van der Waals surface area (Å²) in [6.07, 6.45) is 1.72. The van der Waals surface area contributed by atoms with E-state index in [0.29, 0.717) is 28.8 Å². The van der Waals surface area contributed by atoms with Crippen LogP contribution in [-0.4, -0.2) is 20.9 Å². The minimum Gasteiger partial charge on any atom is -0.340 e. The Hall–Kier alpha value is -3.78. The molecule has 0 radical (unpaired) electrons. The number of thiophene rings is 1.